The highest BCUT2D eigenvalue weighted by atomic mass is 35.5. The van der Waals surface area contributed by atoms with Crippen LogP contribution in [0.1, 0.15) is 5.56 Å². The van der Waals surface area contributed by atoms with Crippen molar-refractivity contribution >= 4 is 23.5 Å². The predicted octanol–water partition coefficient (Wildman–Crippen LogP) is 0.902. The number of aliphatic carboxylic acids is 2. The highest BCUT2D eigenvalue weighted by molar-refractivity contribution is 6.30. The lowest BCUT2D eigenvalue weighted by atomic mass is 9.84. The minimum absolute atomic E-state index is 0.0815. The van der Waals surface area contributed by atoms with Crippen molar-refractivity contribution in [2.75, 3.05) is 0 Å². The number of halogens is 2. The SMILES string of the molecule is NC1(C(=O)O)C(Cc2ccc(F)c(Cl)c2)OC2C(C(=O)O)C21. The highest BCUT2D eigenvalue weighted by Gasteiger charge is 2.75. The van der Waals surface area contributed by atoms with Gasteiger partial charge in [0.25, 0.3) is 0 Å². The van der Waals surface area contributed by atoms with Gasteiger partial charge in [-0.15, -0.1) is 0 Å². The van der Waals surface area contributed by atoms with E-state index in [9.17, 15) is 19.1 Å². The van der Waals surface area contributed by atoms with Gasteiger partial charge in [-0.05, 0) is 17.7 Å². The molecule has 1 heterocycles. The Labute approximate surface area is 129 Å². The van der Waals surface area contributed by atoms with Crippen molar-refractivity contribution in [1.82, 2.24) is 0 Å². The molecule has 2 aliphatic rings. The molecule has 0 aromatic heterocycles. The van der Waals surface area contributed by atoms with Crippen molar-refractivity contribution in [1.29, 1.82) is 0 Å². The summed E-state index contributed by atoms with van der Waals surface area (Å²) >= 11 is 5.69. The molecule has 4 N–H and O–H groups in total. The van der Waals surface area contributed by atoms with E-state index in [-0.39, 0.29) is 11.4 Å². The van der Waals surface area contributed by atoms with Crippen molar-refractivity contribution in [3.8, 4) is 0 Å². The quantitative estimate of drug-likeness (QED) is 0.757. The van der Waals surface area contributed by atoms with Gasteiger partial charge in [0.2, 0.25) is 0 Å². The van der Waals surface area contributed by atoms with Gasteiger partial charge in [-0.2, -0.15) is 0 Å². The lowest BCUT2D eigenvalue weighted by Gasteiger charge is -2.29. The molecule has 1 saturated heterocycles. The number of benzene rings is 1. The largest absolute Gasteiger partial charge is 0.481 e. The van der Waals surface area contributed by atoms with E-state index in [2.05, 4.69) is 0 Å². The zero-order valence-corrected chi connectivity index (χ0v) is 12.0. The van der Waals surface area contributed by atoms with Crippen molar-refractivity contribution in [3.05, 3.63) is 34.6 Å². The molecule has 118 valence electrons. The highest BCUT2D eigenvalue weighted by Crippen LogP contribution is 2.56. The monoisotopic (exact) mass is 329 g/mol. The van der Waals surface area contributed by atoms with Crippen LogP contribution in [-0.4, -0.2) is 39.9 Å². The molecule has 8 heteroatoms. The maximum atomic E-state index is 13.2. The van der Waals surface area contributed by atoms with Gasteiger partial charge in [-0.25, -0.2) is 4.39 Å². The van der Waals surface area contributed by atoms with Gasteiger partial charge in [-0.3, -0.25) is 9.59 Å². The first-order valence-corrected chi connectivity index (χ1v) is 6.99. The summed E-state index contributed by atoms with van der Waals surface area (Å²) in [5, 5.41) is 18.4. The van der Waals surface area contributed by atoms with Crippen LogP contribution in [0.4, 0.5) is 4.39 Å². The van der Waals surface area contributed by atoms with Crippen molar-refractivity contribution in [2.45, 2.75) is 24.2 Å². The summed E-state index contributed by atoms with van der Waals surface area (Å²) in [5.74, 6) is -4.65. The molecule has 0 amide bonds. The Kier molecular flexibility index (Phi) is 3.39. The van der Waals surface area contributed by atoms with Crippen LogP contribution >= 0.6 is 11.6 Å². The second kappa shape index (κ2) is 4.91. The number of fused-ring (bicyclic) bond motifs is 1. The van der Waals surface area contributed by atoms with Gasteiger partial charge in [-0.1, -0.05) is 17.7 Å². The molecule has 2 fully saturated rings. The predicted molar refractivity (Wildman–Crippen MR) is 72.9 cm³/mol. The van der Waals surface area contributed by atoms with Crippen LogP contribution in [0.15, 0.2) is 18.2 Å². The van der Waals surface area contributed by atoms with Gasteiger partial charge >= 0.3 is 11.9 Å². The third kappa shape index (κ3) is 2.08. The van der Waals surface area contributed by atoms with Crippen LogP contribution in [0.3, 0.4) is 0 Å². The average Bonchev–Trinajstić information content (AvgIpc) is 3.08. The van der Waals surface area contributed by atoms with E-state index >= 15 is 0 Å². The van der Waals surface area contributed by atoms with E-state index in [1.807, 2.05) is 0 Å². The van der Waals surface area contributed by atoms with Crippen LogP contribution in [0.2, 0.25) is 5.02 Å². The molecule has 6 nitrogen and oxygen atoms in total. The first-order valence-electron chi connectivity index (χ1n) is 6.61. The zero-order valence-electron chi connectivity index (χ0n) is 11.2. The molecule has 1 aromatic carbocycles. The molecule has 5 unspecified atom stereocenters. The van der Waals surface area contributed by atoms with E-state index in [1.54, 1.807) is 0 Å². The summed E-state index contributed by atoms with van der Waals surface area (Å²) in [4.78, 5) is 22.6. The minimum atomic E-state index is -1.78. The number of rotatable bonds is 4. The summed E-state index contributed by atoms with van der Waals surface area (Å²) < 4.78 is 18.7. The number of carboxylic acids is 2. The van der Waals surface area contributed by atoms with Crippen LogP contribution < -0.4 is 5.73 Å². The van der Waals surface area contributed by atoms with Crippen molar-refractivity contribution in [2.24, 2.45) is 17.6 Å². The zero-order chi connectivity index (χ0) is 16.2. The van der Waals surface area contributed by atoms with Gasteiger partial charge < -0.3 is 20.7 Å². The van der Waals surface area contributed by atoms with Crippen molar-refractivity contribution < 1.29 is 28.9 Å². The second-order valence-corrected chi connectivity index (χ2v) is 6.08. The fourth-order valence-corrected chi connectivity index (χ4v) is 3.41. The lowest BCUT2D eigenvalue weighted by Crippen LogP contribution is -2.59. The first kappa shape index (κ1) is 15.2. The summed E-state index contributed by atoms with van der Waals surface area (Å²) in [6.45, 7) is 0. The first-order chi connectivity index (χ1) is 10.3. The number of hydrogen-bond acceptors (Lipinski definition) is 4. The van der Waals surface area contributed by atoms with E-state index < -0.39 is 47.3 Å². The van der Waals surface area contributed by atoms with Gasteiger partial charge in [0.05, 0.1) is 23.1 Å². The molecular formula is C14H13ClFNO5. The molecule has 1 aliphatic heterocycles. The Hall–Kier alpha value is -1.70. The summed E-state index contributed by atoms with van der Waals surface area (Å²) in [6.07, 6.45) is -1.47. The Balaban J connectivity index is 1.84. The van der Waals surface area contributed by atoms with E-state index in [1.165, 1.54) is 18.2 Å². The molecule has 3 rings (SSSR count). The fraction of sp³-hybridized carbons (Fsp3) is 0.429. The Morgan fingerprint density at radius 3 is 2.64 bits per heavy atom. The van der Waals surface area contributed by atoms with Gasteiger partial charge in [0.1, 0.15) is 11.4 Å². The standard InChI is InChI=1S/C14H13ClFNO5/c15-6-3-5(1-2-7(6)16)4-8-14(17,13(20)21)10-9(12(18)19)11(10)22-8/h1-3,8-11H,4,17H2,(H,18,19)(H,20,21). The Bertz CT molecular complexity index is 669. The molecule has 1 saturated carbocycles. The molecule has 0 spiro atoms. The van der Waals surface area contributed by atoms with E-state index in [0.717, 1.165) is 0 Å². The maximum Gasteiger partial charge on any atom is 0.326 e. The van der Waals surface area contributed by atoms with Gasteiger partial charge in [0, 0.05) is 12.3 Å². The third-order valence-electron chi connectivity index (χ3n) is 4.42. The molecular weight excluding hydrogens is 317 g/mol. The normalized spacial score (nSPS) is 36.0. The van der Waals surface area contributed by atoms with Gasteiger partial charge in [0.15, 0.2) is 0 Å². The summed E-state index contributed by atoms with van der Waals surface area (Å²) in [5.41, 5.74) is 4.77. The topological polar surface area (TPSA) is 110 Å². The molecule has 0 bridgehead atoms. The fourth-order valence-electron chi connectivity index (χ4n) is 3.21. The number of nitrogens with two attached hydrogens (primary N) is 1. The van der Waals surface area contributed by atoms with E-state index in [4.69, 9.17) is 27.2 Å². The van der Waals surface area contributed by atoms with Crippen LogP contribution in [0, 0.1) is 17.7 Å². The van der Waals surface area contributed by atoms with E-state index in [0.29, 0.717) is 5.56 Å². The number of carbonyl (C=O) groups is 2. The molecule has 1 aliphatic carbocycles. The molecule has 0 radical (unpaired) electrons. The molecule has 1 aromatic rings. The Morgan fingerprint density at radius 2 is 2.09 bits per heavy atom. The Morgan fingerprint density at radius 1 is 1.41 bits per heavy atom. The second-order valence-electron chi connectivity index (χ2n) is 5.67. The van der Waals surface area contributed by atoms with Crippen LogP contribution in [0.5, 0.6) is 0 Å². The third-order valence-corrected chi connectivity index (χ3v) is 4.71. The lowest BCUT2D eigenvalue weighted by molar-refractivity contribution is -0.150. The van der Waals surface area contributed by atoms with Crippen LogP contribution in [0.25, 0.3) is 0 Å². The molecule has 5 atom stereocenters. The summed E-state index contributed by atoms with van der Waals surface area (Å²) in [7, 11) is 0. The van der Waals surface area contributed by atoms with Crippen molar-refractivity contribution in [3.63, 3.8) is 0 Å². The number of ether oxygens (including phenoxy) is 1. The minimum Gasteiger partial charge on any atom is -0.481 e. The molecule has 22 heavy (non-hydrogen) atoms. The van der Waals surface area contributed by atoms with Crippen LogP contribution in [-0.2, 0) is 20.7 Å². The number of hydrogen-bond donors (Lipinski definition) is 3. The smallest absolute Gasteiger partial charge is 0.326 e. The maximum absolute atomic E-state index is 13.2. The number of carboxylic acid groups (broad SMARTS) is 2. The average molecular weight is 330 g/mol. The summed E-state index contributed by atoms with van der Waals surface area (Å²) in [6, 6.07) is 4.01.